The molecule has 0 bridgehead atoms. The van der Waals surface area contributed by atoms with Gasteiger partial charge in [0.1, 0.15) is 5.75 Å². The highest BCUT2D eigenvalue weighted by molar-refractivity contribution is 6.08. The third kappa shape index (κ3) is 3.53. The molecule has 2 heteroatoms. The Morgan fingerprint density at radius 3 is 2.22 bits per heavy atom. The number of aryl methyl sites for hydroxylation is 2. The second kappa shape index (κ2) is 6.82. The molecule has 2 rings (SSSR count). The van der Waals surface area contributed by atoms with Crippen molar-refractivity contribution in [2.75, 3.05) is 7.11 Å². The van der Waals surface area contributed by atoms with Crippen molar-refractivity contribution in [3.05, 3.63) is 69.3 Å². The SMILES string of the molecule is COc1ccc(/C=C/C(=O)c2cc(C)c(C)c(C)c2C)cc1C. The van der Waals surface area contributed by atoms with Crippen molar-refractivity contribution in [2.24, 2.45) is 0 Å². The summed E-state index contributed by atoms with van der Waals surface area (Å²) in [5.74, 6) is 0.899. The van der Waals surface area contributed by atoms with Crippen LogP contribution >= 0.6 is 0 Å². The molecule has 0 aliphatic rings. The topological polar surface area (TPSA) is 26.3 Å². The lowest BCUT2D eigenvalue weighted by atomic mass is 9.92. The van der Waals surface area contributed by atoms with E-state index in [0.29, 0.717) is 0 Å². The first kappa shape index (κ1) is 17.0. The summed E-state index contributed by atoms with van der Waals surface area (Å²) in [6.07, 6.45) is 3.51. The van der Waals surface area contributed by atoms with E-state index < -0.39 is 0 Å². The summed E-state index contributed by atoms with van der Waals surface area (Å²) in [5, 5.41) is 0. The van der Waals surface area contributed by atoms with E-state index in [1.807, 2.05) is 44.2 Å². The molecule has 0 aliphatic carbocycles. The van der Waals surface area contributed by atoms with Crippen LogP contribution in [0.15, 0.2) is 30.3 Å². The zero-order valence-corrected chi connectivity index (χ0v) is 14.8. The molecule has 0 aromatic heterocycles. The number of carbonyl (C=O) groups is 1. The van der Waals surface area contributed by atoms with Gasteiger partial charge in [-0.15, -0.1) is 0 Å². The molecule has 0 saturated heterocycles. The van der Waals surface area contributed by atoms with Crippen LogP contribution in [0, 0.1) is 34.6 Å². The number of ether oxygens (including phenoxy) is 1. The summed E-state index contributed by atoms with van der Waals surface area (Å²) in [5.41, 5.74) is 7.51. The molecule has 0 spiro atoms. The highest BCUT2D eigenvalue weighted by atomic mass is 16.5. The number of rotatable bonds is 4. The molecular weight excluding hydrogens is 284 g/mol. The molecule has 0 unspecified atom stereocenters. The molecule has 120 valence electrons. The molecule has 0 radical (unpaired) electrons. The van der Waals surface area contributed by atoms with Gasteiger partial charge in [-0.1, -0.05) is 12.1 Å². The number of carbonyl (C=O) groups excluding carboxylic acids is 1. The Bertz CT molecular complexity index is 783. The largest absolute Gasteiger partial charge is 0.496 e. The minimum Gasteiger partial charge on any atom is -0.496 e. The molecule has 0 fully saturated rings. The number of benzene rings is 2. The van der Waals surface area contributed by atoms with Gasteiger partial charge in [0, 0.05) is 5.56 Å². The van der Waals surface area contributed by atoms with Gasteiger partial charge in [0.15, 0.2) is 5.78 Å². The number of ketones is 1. The van der Waals surface area contributed by atoms with Gasteiger partial charge in [-0.3, -0.25) is 4.79 Å². The Morgan fingerprint density at radius 2 is 1.61 bits per heavy atom. The summed E-state index contributed by atoms with van der Waals surface area (Å²) in [6.45, 7) is 10.2. The minimum atomic E-state index is 0.0437. The van der Waals surface area contributed by atoms with E-state index in [0.717, 1.165) is 33.6 Å². The molecule has 2 aromatic carbocycles. The molecule has 0 amide bonds. The van der Waals surface area contributed by atoms with Crippen molar-refractivity contribution < 1.29 is 9.53 Å². The van der Waals surface area contributed by atoms with E-state index in [-0.39, 0.29) is 5.78 Å². The second-order valence-electron chi connectivity index (χ2n) is 6.04. The lowest BCUT2D eigenvalue weighted by molar-refractivity contribution is 0.104. The fourth-order valence-electron chi connectivity index (χ4n) is 2.73. The smallest absolute Gasteiger partial charge is 0.186 e. The second-order valence-corrected chi connectivity index (χ2v) is 6.04. The first-order chi connectivity index (χ1) is 10.8. The highest BCUT2D eigenvalue weighted by Crippen LogP contribution is 2.23. The molecule has 0 aliphatic heterocycles. The molecule has 23 heavy (non-hydrogen) atoms. The summed E-state index contributed by atoms with van der Waals surface area (Å²) in [6, 6.07) is 7.88. The van der Waals surface area contributed by atoms with Crippen LogP contribution in [0.4, 0.5) is 0 Å². The Balaban J connectivity index is 2.31. The van der Waals surface area contributed by atoms with E-state index in [2.05, 4.69) is 20.8 Å². The standard InChI is InChI=1S/C21H24O2/c1-13-12-19(17(5)16(4)15(13)3)20(22)9-7-18-8-10-21(23-6)14(2)11-18/h7-12H,1-6H3/b9-7+. The Hall–Kier alpha value is -2.35. The van der Waals surface area contributed by atoms with Gasteiger partial charge >= 0.3 is 0 Å². The van der Waals surface area contributed by atoms with Gasteiger partial charge in [0.05, 0.1) is 7.11 Å². The van der Waals surface area contributed by atoms with E-state index in [4.69, 9.17) is 4.74 Å². The van der Waals surface area contributed by atoms with Gasteiger partial charge < -0.3 is 4.74 Å². The van der Waals surface area contributed by atoms with E-state index in [1.165, 1.54) is 11.1 Å². The fraction of sp³-hybridized carbons (Fsp3) is 0.286. The Kier molecular flexibility index (Phi) is 5.05. The monoisotopic (exact) mass is 308 g/mol. The first-order valence-corrected chi connectivity index (χ1v) is 7.79. The predicted molar refractivity (Wildman–Crippen MR) is 96.5 cm³/mol. The molecule has 0 heterocycles. The van der Waals surface area contributed by atoms with Gasteiger partial charge in [-0.25, -0.2) is 0 Å². The minimum absolute atomic E-state index is 0.0437. The van der Waals surface area contributed by atoms with Gasteiger partial charge in [0.25, 0.3) is 0 Å². The third-order valence-electron chi connectivity index (χ3n) is 4.59. The maximum Gasteiger partial charge on any atom is 0.186 e. The van der Waals surface area contributed by atoms with Crippen molar-refractivity contribution in [3.8, 4) is 5.75 Å². The lowest BCUT2D eigenvalue weighted by Gasteiger charge is -2.12. The zero-order valence-electron chi connectivity index (χ0n) is 14.8. The molecule has 0 N–H and O–H groups in total. The lowest BCUT2D eigenvalue weighted by Crippen LogP contribution is -2.03. The molecule has 0 atom stereocenters. The average molecular weight is 308 g/mol. The van der Waals surface area contributed by atoms with Crippen LogP contribution in [0.3, 0.4) is 0 Å². The van der Waals surface area contributed by atoms with Crippen molar-refractivity contribution in [3.63, 3.8) is 0 Å². The quantitative estimate of drug-likeness (QED) is 0.578. The summed E-state index contributed by atoms with van der Waals surface area (Å²) in [7, 11) is 1.66. The number of methoxy groups -OCH3 is 1. The Labute approximate surface area is 138 Å². The normalized spacial score (nSPS) is 11.0. The summed E-state index contributed by atoms with van der Waals surface area (Å²) >= 11 is 0. The van der Waals surface area contributed by atoms with Crippen molar-refractivity contribution in [1.29, 1.82) is 0 Å². The van der Waals surface area contributed by atoms with Crippen LogP contribution in [0.1, 0.15) is 43.7 Å². The van der Waals surface area contributed by atoms with Crippen LogP contribution in [0.5, 0.6) is 5.75 Å². The van der Waals surface area contributed by atoms with Crippen molar-refractivity contribution >= 4 is 11.9 Å². The maximum atomic E-state index is 12.6. The van der Waals surface area contributed by atoms with Crippen molar-refractivity contribution in [1.82, 2.24) is 0 Å². The molecule has 2 nitrogen and oxygen atoms in total. The van der Waals surface area contributed by atoms with Crippen LogP contribution in [-0.4, -0.2) is 12.9 Å². The maximum absolute atomic E-state index is 12.6. The summed E-state index contributed by atoms with van der Waals surface area (Å²) < 4.78 is 5.26. The third-order valence-corrected chi connectivity index (χ3v) is 4.59. The predicted octanol–water partition coefficient (Wildman–Crippen LogP) is 5.13. The van der Waals surface area contributed by atoms with Crippen molar-refractivity contribution in [2.45, 2.75) is 34.6 Å². The number of hydrogen-bond donors (Lipinski definition) is 0. The number of allylic oxidation sites excluding steroid dienone is 1. The van der Waals surface area contributed by atoms with Crippen LogP contribution < -0.4 is 4.74 Å². The number of hydrogen-bond acceptors (Lipinski definition) is 2. The van der Waals surface area contributed by atoms with Crippen LogP contribution in [0.2, 0.25) is 0 Å². The zero-order chi connectivity index (χ0) is 17.1. The van der Waals surface area contributed by atoms with E-state index in [1.54, 1.807) is 13.2 Å². The average Bonchev–Trinajstić information content (AvgIpc) is 2.54. The highest BCUT2D eigenvalue weighted by Gasteiger charge is 2.11. The molecular formula is C21H24O2. The first-order valence-electron chi connectivity index (χ1n) is 7.79. The molecule has 2 aromatic rings. The van der Waals surface area contributed by atoms with Crippen LogP contribution in [-0.2, 0) is 0 Å². The van der Waals surface area contributed by atoms with Crippen LogP contribution in [0.25, 0.3) is 6.08 Å². The molecule has 0 saturated carbocycles. The van der Waals surface area contributed by atoms with Gasteiger partial charge in [-0.05, 0) is 92.3 Å². The summed E-state index contributed by atoms with van der Waals surface area (Å²) in [4.78, 5) is 12.6. The van der Waals surface area contributed by atoms with Gasteiger partial charge in [-0.2, -0.15) is 0 Å². The Morgan fingerprint density at radius 1 is 0.913 bits per heavy atom. The van der Waals surface area contributed by atoms with E-state index in [9.17, 15) is 4.79 Å². The van der Waals surface area contributed by atoms with E-state index >= 15 is 0 Å². The fourth-order valence-corrected chi connectivity index (χ4v) is 2.73. The van der Waals surface area contributed by atoms with Gasteiger partial charge in [0.2, 0.25) is 0 Å².